The number of nitrogens with one attached hydrogen (secondary N) is 1. The van der Waals surface area contributed by atoms with Gasteiger partial charge in [0.2, 0.25) is 0 Å². The summed E-state index contributed by atoms with van der Waals surface area (Å²) in [6.07, 6.45) is 1.10. The molecule has 0 aliphatic carbocycles. The SMILES string of the molecule is CCC(NCC(O)c1c(Cl)cccc1Cl)c1ccc(F)cn1. The molecule has 0 spiro atoms. The topological polar surface area (TPSA) is 45.1 Å². The van der Waals surface area contributed by atoms with Crippen LogP contribution in [0.1, 0.15) is 36.7 Å². The first-order valence-electron chi connectivity index (χ1n) is 6.99. The first-order chi connectivity index (χ1) is 10.5. The van der Waals surface area contributed by atoms with Crippen molar-refractivity contribution < 1.29 is 9.50 Å². The maximum atomic E-state index is 12.9. The third kappa shape index (κ3) is 4.17. The third-order valence-electron chi connectivity index (χ3n) is 3.41. The molecule has 2 rings (SSSR count). The number of aliphatic hydroxyl groups excluding tert-OH is 1. The van der Waals surface area contributed by atoms with Crippen molar-refractivity contribution in [2.45, 2.75) is 25.5 Å². The van der Waals surface area contributed by atoms with Crippen LogP contribution in [0.2, 0.25) is 10.0 Å². The quantitative estimate of drug-likeness (QED) is 0.822. The number of aromatic nitrogens is 1. The second-order valence-electron chi connectivity index (χ2n) is 4.92. The third-order valence-corrected chi connectivity index (χ3v) is 4.07. The molecule has 0 saturated heterocycles. The summed E-state index contributed by atoms with van der Waals surface area (Å²) in [5, 5.41) is 14.4. The molecule has 0 radical (unpaired) electrons. The Balaban J connectivity index is 2.05. The molecule has 0 aliphatic rings. The molecular weight excluding hydrogens is 326 g/mol. The summed E-state index contributed by atoms with van der Waals surface area (Å²) in [6.45, 7) is 2.25. The highest BCUT2D eigenvalue weighted by Gasteiger charge is 2.18. The molecule has 0 amide bonds. The average Bonchev–Trinajstić information content (AvgIpc) is 2.49. The van der Waals surface area contributed by atoms with E-state index in [0.29, 0.717) is 15.6 Å². The summed E-state index contributed by atoms with van der Waals surface area (Å²) in [5.41, 5.74) is 1.22. The summed E-state index contributed by atoms with van der Waals surface area (Å²) in [7, 11) is 0. The lowest BCUT2D eigenvalue weighted by Gasteiger charge is -2.20. The van der Waals surface area contributed by atoms with E-state index >= 15 is 0 Å². The number of benzene rings is 1. The van der Waals surface area contributed by atoms with E-state index in [0.717, 1.165) is 12.1 Å². The van der Waals surface area contributed by atoms with Crippen molar-refractivity contribution in [3.05, 3.63) is 63.6 Å². The highest BCUT2D eigenvalue weighted by molar-refractivity contribution is 6.36. The van der Waals surface area contributed by atoms with Crippen LogP contribution in [0.25, 0.3) is 0 Å². The van der Waals surface area contributed by atoms with Crippen molar-refractivity contribution in [2.24, 2.45) is 0 Å². The van der Waals surface area contributed by atoms with Crippen molar-refractivity contribution in [1.29, 1.82) is 0 Å². The Morgan fingerprint density at radius 3 is 2.45 bits per heavy atom. The number of hydrogen-bond acceptors (Lipinski definition) is 3. The van der Waals surface area contributed by atoms with E-state index < -0.39 is 6.10 Å². The van der Waals surface area contributed by atoms with Gasteiger partial charge in [0.1, 0.15) is 5.82 Å². The summed E-state index contributed by atoms with van der Waals surface area (Å²) < 4.78 is 12.9. The van der Waals surface area contributed by atoms with Crippen LogP contribution in [0.4, 0.5) is 4.39 Å². The molecule has 2 aromatic rings. The molecular formula is C16H17Cl2FN2O. The second kappa shape index (κ2) is 7.88. The minimum Gasteiger partial charge on any atom is -0.387 e. The van der Waals surface area contributed by atoms with Crippen LogP contribution in [0, 0.1) is 5.82 Å². The maximum absolute atomic E-state index is 12.9. The maximum Gasteiger partial charge on any atom is 0.141 e. The van der Waals surface area contributed by atoms with Crippen LogP contribution in [0.15, 0.2) is 36.5 Å². The number of pyridine rings is 1. The molecule has 118 valence electrons. The molecule has 22 heavy (non-hydrogen) atoms. The van der Waals surface area contributed by atoms with E-state index in [4.69, 9.17) is 23.2 Å². The lowest BCUT2D eigenvalue weighted by molar-refractivity contribution is 0.169. The highest BCUT2D eigenvalue weighted by atomic mass is 35.5. The predicted octanol–water partition coefficient (Wildman–Crippen LogP) is 4.30. The zero-order valence-corrected chi connectivity index (χ0v) is 13.6. The van der Waals surface area contributed by atoms with E-state index in [1.54, 1.807) is 24.3 Å². The van der Waals surface area contributed by atoms with Gasteiger partial charge >= 0.3 is 0 Å². The Morgan fingerprint density at radius 1 is 1.23 bits per heavy atom. The molecule has 0 fully saturated rings. The standard InChI is InChI=1S/C16H17Cl2FN2O/c1-2-13(14-7-6-10(19)8-20-14)21-9-15(22)16-11(17)4-3-5-12(16)18/h3-8,13,15,21-22H,2,9H2,1H3. The molecule has 1 aromatic carbocycles. The van der Waals surface area contributed by atoms with Gasteiger partial charge in [0.25, 0.3) is 0 Å². The van der Waals surface area contributed by atoms with Gasteiger partial charge in [-0.05, 0) is 30.7 Å². The number of hydrogen-bond donors (Lipinski definition) is 2. The molecule has 2 N–H and O–H groups in total. The van der Waals surface area contributed by atoms with Gasteiger partial charge in [-0.3, -0.25) is 4.98 Å². The number of halogens is 3. The average molecular weight is 343 g/mol. The van der Waals surface area contributed by atoms with Gasteiger partial charge in [0.05, 0.1) is 18.0 Å². The molecule has 6 heteroatoms. The number of rotatable bonds is 6. The molecule has 1 aromatic heterocycles. The van der Waals surface area contributed by atoms with Crippen LogP contribution < -0.4 is 5.32 Å². The van der Waals surface area contributed by atoms with E-state index in [1.165, 1.54) is 12.3 Å². The number of nitrogens with zero attached hydrogens (tertiary/aromatic N) is 1. The molecule has 0 bridgehead atoms. The largest absolute Gasteiger partial charge is 0.387 e. The normalized spacial score (nSPS) is 13.9. The monoisotopic (exact) mass is 342 g/mol. The Kier molecular flexibility index (Phi) is 6.15. The van der Waals surface area contributed by atoms with Gasteiger partial charge in [-0.25, -0.2) is 4.39 Å². The van der Waals surface area contributed by atoms with Crippen molar-refractivity contribution in [3.63, 3.8) is 0 Å². The lowest BCUT2D eigenvalue weighted by Crippen LogP contribution is -2.27. The van der Waals surface area contributed by atoms with Gasteiger partial charge in [0.15, 0.2) is 0 Å². The first-order valence-corrected chi connectivity index (χ1v) is 7.75. The van der Waals surface area contributed by atoms with Crippen molar-refractivity contribution in [2.75, 3.05) is 6.54 Å². The summed E-state index contributed by atoms with van der Waals surface area (Å²) in [4.78, 5) is 4.06. The minimum atomic E-state index is -0.837. The lowest BCUT2D eigenvalue weighted by atomic mass is 10.1. The Morgan fingerprint density at radius 2 is 1.91 bits per heavy atom. The molecule has 0 saturated carbocycles. The minimum absolute atomic E-state index is 0.0866. The Bertz CT molecular complexity index is 602. The van der Waals surface area contributed by atoms with Crippen molar-refractivity contribution in [3.8, 4) is 0 Å². The van der Waals surface area contributed by atoms with E-state index in [9.17, 15) is 9.50 Å². The second-order valence-corrected chi connectivity index (χ2v) is 5.74. The summed E-state index contributed by atoms with van der Waals surface area (Å²) >= 11 is 12.2. The molecule has 1 heterocycles. The zero-order valence-electron chi connectivity index (χ0n) is 12.1. The van der Waals surface area contributed by atoms with Crippen LogP contribution in [0.5, 0.6) is 0 Å². The van der Waals surface area contributed by atoms with Gasteiger partial charge in [-0.15, -0.1) is 0 Å². The van der Waals surface area contributed by atoms with Crippen LogP contribution >= 0.6 is 23.2 Å². The van der Waals surface area contributed by atoms with Gasteiger partial charge < -0.3 is 10.4 Å². The van der Waals surface area contributed by atoms with Crippen LogP contribution in [0.3, 0.4) is 0 Å². The van der Waals surface area contributed by atoms with Crippen molar-refractivity contribution in [1.82, 2.24) is 10.3 Å². The van der Waals surface area contributed by atoms with Gasteiger partial charge in [-0.2, -0.15) is 0 Å². The fourth-order valence-electron chi connectivity index (χ4n) is 2.24. The van der Waals surface area contributed by atoms with Crippen LogP contribution in [-0.4, -0.2) is 16.6 Å². The summed E-state index contributed by atoms with van der Waals surface area (Å²) in [5.74, 6) is -0.374. The van der Waals surface area contributed by atoms with E-state index in [1.807, 2.05) is 6.92 Å². The molecule has 0 aliphatic heterocycles. The molecule has 3 nitrogen and oxygen atoms in total. The summed E-state index contributed by atoms with van der Waals surface area (Å²) in [6, 6.07) is 8.01. The smallest absolute Gasteiger partial charge is 0.141 e. The van der Waals surface area contributed by atoms with E-state index in [2.05, 4.69) is 10.3 Å². The first kappa shape index (κ1) is 17.2. The van der Waals surface area contributed by atoms with Crippen molar-refractivity contribution >= 4 is 23.2 Å². The van der Waals surface area contributed by atoms with Gasteiger partial charge in [-0.1, -0.05) is 36.2 Å². The predicted molar refractivity (Wildman–Crippen MR) is 86.7 cm³/mol. The van der Waals surface area contributed by atoms with E-state index in [-0.39, 0.29) is 18.4 Å². The highest BCUT2D eigenvalue weighted by Crippen LogP contribution is 2.30. The fraction of sp³-hybridized carbons (Fsp3) is 0.312. The fourth-order valence-corrected chi connectivity index (χ4v) is 2.89. The Hall–Kier alpha value is -1.20. The Labute approximate surface area is 139 Å². The number of aliphatic hydroxyl groups is 1. The molecule has 2 atom stereocenters. The zero-order chi connectivity index (χ0) is 16.1. The molecule has 2 unspecified atom stereocenters. The van der Waals surface area contributed by atoms with Gasteiger partial charge in [0, 0.05) is 28.2 Å². The van der Waals surface area contributed by atoms with Crippen LogP contribution in [-0.2, 0) is 0 Å².